The SMILES string of the molecule is O=C(NCCCc1ccccc1)C(=O)Nc1ccc(F)c(F)c1F. The van der Waals surface area contributed by atoms with Gasteiger partial charge in [-0.1, -0.05) is 30.3 Å². The Morgan fingerprint density at radius 1 is 0.875 bits per heavy atom. The predicted molar refractivity (Wildman–Crippen MR) is 82.7 cm³/mol. The summed E-state index contributed by atoms with van der Waals surface area (Å²) in [6.45, 7) is 0.251. The van der Waals surface area contributed by atoms with E-state index < -0.39 is 35.0 Å². The number of amides is 2. The van der Waals surface area contributed by atoms with Gasteiger partial charge in [0.25, 0.3) is 0 Å². The van der Waals surface area contributed by atoms with Crippen molar-refractivity contribution in [3.05, 3.63) is 65.5 Å². The third kappa shape index (κ3) is 4.58. The van der Waals surface area contributed by atoms with Crippen molar-refractivity contribution in [1.29, 1.82) is 0 Å². The average molecular weight is 336 g/mol. The molecule has 2 aromatic rings. The molecular formula is C17H15F3N2O2. The lowest BCUT2D eigenvalue weighted by molar-refractivity contribution is -0.136. The second-order valence-corrected chi connectivity index (χ2v) is 5.02. The van der Waals surface area contributed by atoms with E-state index in [1.165, 1.54) is 0 Å². The molecule has 0 saturated heterocycles. The Morgan fingerprint density at radius 2 is 1.58 bits per heavy atom. The highest BCUT2D eigenvalue weighted by Gasteiger charge is 2.18. The van der Waals surface area contributed by atoms with Crippen molar-refractivity contribution >= 4 is 17.5 Å². The van der Waals surface area contributed by atoms with Gasteiger partial charge >= 0.3 is 11.8 Å². The van der Waals surface area contributed by atoms with Gasteiger partial charge in [-0.3, -0.25) is 9.59 Å². The highest BCUT2D eigenvalue weighted by Crippen LogP contribution is 2.19. The van der Waals surface area contributed by atoms with Gasteiger partial charge in [0.2, 0.25) is 0 Å². The summed E-state index contributed by atoms with van der Waals surface area (Å²) in [4.78, 5) is 23.2. The van der Waals surface area contributed by atoms with Crippen molar-refractivity contribution in [2.75, 3.05) is 11.9 Å². The first-order valence-corrected chi connectivity index (χ1v) is 7.25. The Kier molecular flexibility index (Phi) is 5.95. The standard InChI is InChI=1S/C17H15F3N2O2/c18-12-8-9-13(15(20)14(12)19)22-17(24)16(23)21-10-4-7-11-5-2-1-3-6-11/h1-3,5-6,8-9H,4,7,10H2,(H,21,23)(H,22,24). The van der Waals surface area contributed by atoms with Crippen LogP contribution in [0.3, 0.4) is 0 Å². The second-order valence-electron chi connectivity index (χ2n) is 5.02. The van der Waals surface area contributed by atoms with Crippen LogP contribution >= 0.6 is 0 Å². The van der Waals surface area contributed by atoms with Gasteiger partial charge in [0, 0.05) is 6.54 Å². The summed E-state index contributed by atoms with van der Waals surface area (Å²) in [7, 11) is 0. The molecule has 24 heavy (non-hydrogen) atoms. The summed E-state index contributed by atoms with van der Waals surface area (Å²) in [5.41, 5.74) is 0.499. The molecule has 2 amide bonds. The summed E-state index contributed by atoms with van der Waals surface area (Å²) >= 11 is 0. The van der Waals surface area contributed by atoms with E-state index in [2.05, 4.69) is 5.32 Å². The summed E-state index contributed by atoms with van der Waals surface area (Å²) in [6, 6.07) is 11.1. The molecule has 0 fully saturated rings. The number of rotatable bonds is 5. The Morgan fingerprint density at radius 3 is 2.29 bits per heavy atom. The number of carbonyl (C=O) groups excluding carboxylic acids is 2. The van der Waals surface area contributed by atoms with Gasteiger partial charge in [0.05, 0.1) is 5.69 Å². The van der Waals surface area contributed by atoms with E-state index in [1.807, 2.05) is 35.6 Å². The molecule has 0 saturated carbocycles. The first kappa shape index (κ1) is 17.5. The molecule has 4 nitrogen and oxygen atoms in total. The molecule has 2 N–H and O–H groups in total. The number of hydrogen-bond acceptors (Lipinski definition) is 2. The number of anilines is 1. The fourth-order valence-corrected chi connectivity index (χ4v) is 2.02. The number of carbonyl (C=O) groups is 2. The van der Waals surface area contributed by atoms with Gasteiger partial charge in [-0.2, -0.15) is 0 Å². The molecule has 2 rings (SSSR count). The van der Waals surface area contributed by atoms with Gasteiger partial charge < -0.3 is 10.6 Å². The van der Waals surface area contributed by atoms with Crippen LogP contribution in [0.5, 0.6) is 0 Å². The highest BCUT2D eigenvalue weighted by atomic mass is 19.2. The van der Waals surface area contributed by atoms with E-state index in [9.17, 15) is 22.8 Å². The number of halogens is 3. The van der Waals surface area contributed by atoms with Crippen LogP contribution in [0.1, 0.15) is 12.0 Å². The minimum Gasteiger partial charge on any atom is -0.348 e. The first-order valence-electron chi connectivity index (χ1n) is 7.25. The third-order valence-corrected chi connectivity index (χ3v) is 3.26. The topological polar surface area (TPSA) is 58.2 Å². The maximum absolute atomic E-state index is 13.4. The normalized spacial score (nSPS) is 10.3. The van der Waals surface area contributed by atoms with Crippen molar-refractivity contribution in [3.63, 3.8) is 0 Å². The summed E-state index contributed by atoms with van der Waals surface area (Å²) in [5.74, 6) is -6.78. The lowest BCUT2D eigenvalue weighted by atomic mass is 10.1. The highest BCUT2D eigenvalue weighted by molar-refractivity contribution is 6.39. The second kappa shape index (κ2) is 8.14. The Hall–Kier alpha value is -2.83. The molecule has 0 radical (unpaired) electrons. The predicted octanol–water partition coefficient (Wildman–Crippen LogP) is 2.79. The van der Waals surface area contributed by atoms with Crippen molar-refractivity contribution in [3.8, 4) is 0 Å². The molecule has 0 atom stereocenters. The van der Waals surface area contributed by atoms with E-state index in [0.717, 1.165) is 18.1 Å². The molecule has 0 spiro atoms. The largest absolute Gasteiger partial charge is 0.348 e. The van der Waals surface area contributed by atoms with E-state index in [-0.39, 0.29) is 6.54 Å². The Bertz CT molecular complexity index is 736. The van der Waals surface area contributed by atoms with Crippen LogP contribution in [-0.4, -0.2) is 18.4 Å². The van der Waals surface area contributed by atoms with Crippen molar-refractivity contribution in [2.45, 2.75) is 12.8 Å². The van der Waals surface area contributed by atoms with Gasteiger partial charge in [-0.25, -0.2) is 13.2 Å². The average Bonchev–Trinajstić information content (AvgIpc) is 2.60. The van der Waals surface area contributed by atoms with Crippen LogP contribution in [0.25, 0.3) is 0 Å². The molecule has 0 bridgehead atoms. The molecule has 0 unspecified atom stereocenters. The van der Waals surface area contributed by atoms with E-state index >= 15 is 0 Å². The van der Waals surface area contributed by atoms with Crippen LogP contribution in [0, 0.1) is 17.5 Å². The summed E-state index contributed by atoms with van der Waals surface area (Å²) < 4.78 is 39.3. The van der Waals surface area contributed by atoms with Crippen LogP contribution < -0.4 is 10.6 Å². The monoisotopic (exact) mass is 336 g/mol. The third-order valence-electron chi connectivity index (χ3n) is 3.26. The molecular weight excluding hydrogens is 321 g/mol. The van der Waals surface area contributed by atoms with Gasteiger partial charge in [0.1, 0.15) is 0 Å². The Labute approximate surface area is 136 Å². The van der Waals surface area contributed by atoms with Crippen molar-refractivity contribution < 1.29 is 22.8 Å². The van der Waals surface area contributed by atoms with Crippen LogP contribution in [0.2, 0.25) is 0 Å². The molecule has 0 heterocycles. The zero-order chi connectivity index (χ0) is 17.5. The molecule has 0 aliphatic heterocycles. The fraction of sp³-hybridized carbons (Fsp3) is 0.176. The van der Waals surface area contributed by atoms with Crippen LogP contribution in [0.4, 0.5) is 18.9 Å². The first-order chi connectivity index (χ1) is 11.5. The van der Waals surface area contributed by atoms with Gasteiger partial charge in [-0.15, -0.1) is 0 Å². The lowest BCUT2D eigenvalue weighted by Crippen LogP contribution is -2.36. The smallest absolute Gasteiger partial charge is 0.313 e. The van der Waals surface area contributed by atoms with Gasteiger partial charge in [0.15, 0.2) is 17.5 Å². The minimum absolute atomic E-state index is 0.251. The quantitative estimate of drug-likeness (QED) is 0.501. The number of nitrogens with one attached hydrogen (secondary N) is 2. The number of benzene rings is 2. The van der Waals surface area contributed by atoms with Crippen molar-refractivity contribution in [1.82, 2.24) is 5.32 Å². The zero-order valence-corrected chi connectivity index (χ0v) is 12.6. The number of hydrogen-bond donors (Lipinski definition) is 2. The van der Waals surface area contributed by atoms with E-state index in [1.54, 1.807) is 0 Å². The molecule has 2 aromatic carbocycles. The van der Waals surface area contributed by atoms with E-state index in [0.29, 0.717) is 12.5 Å². The molecule has 0 aliphatic rings. The maximum atomic E-state index is 13.4. The van der Waals surface area contributed by atoms with Crippen LogP contribution in [0.15, 0.2) is 42.5 Å². The molecule has 7 heteroatoms. The molecule has 0 aromatic heterocycles. The fourth-order valence-electron chi connectivity index (χ4n) is 2.02. The van der Waals surface area contributed by atoms with Crippen LogP contribution in [-0.2, 0) is 16.0 Å². The minimum atomic E-state index is -1.71. The van der Waals surface area contributed by atoms with E-state index in [4.69, 9.17) is 0 Å². The summed E-state index contributed by atoms with van der Waals surface area (Å²) in [5, 5.41) is 4.28. The molecule has 126 valence electrons. The van der Waals surface area contributed by atoms with Crippen molar-refractivity contribution in [2.24, 2.45) is 0 Å². The lowest BCUT2D eigenvalue weighted by Gasteiger charge is -2.08. The summed E-state index contributed by atoms with van der Waals surface area (Å²) in [6.07, 6.45) is 1.34. The van der Waals surface area contributed by atoms with Gasteiger partial charge in [-0.05, 0) is 30.5 Å². The maximum Gasteiger partial charge on any atom is 0.313 e. The number of aryl methyl sites for hydroxylation is 1. The molecule has 0 aliphatic carbocycles. The zero-order valence-electron chi connectivity index (χ0n) is 12.6. The Balaban J connectivity index is 1.80.